The number of rotatable bonds is 4. The first-order valence-corrected chi connectivity index (χ1v) is 10.0. The quantitative estimate of drug-likeness (QED) is 0.351. The number of H-pyrrole nitrogens is 1. The summed E-state index contributed by atoms with van der Waals surface area (Å²) in [5.41, 5.74) is 1.73. The second-order valence-corrected chi connectivity index (χ2v) is 7.90. The van der Waals surface area contributed by atoms with Crippen LogP contribution in [0.1, 0.15) is 43.2 Å². The molecule has 1 unspecified atom stereocenters. The summed E-state index contributed by atoms with van der Waals surface area (Å²) in [5, 5.41) is 14.9. The van der Waals surface area contributed by atoms with Gasteiger partial charge in [-0.1, -0.05) is 30.8 Å². The monoisotopic (exact) mass is 398 g/mol. The molecule has 2 N–H and O–H groups in total. The Balaban J connectivity index is 1.95. The van der Waals surface area contributed by atoms with Crippen molar-refractivity contribution in [1.29, 1.82) is 0 Å². The van der Waals surface area contributed by atoms with Gasteiger partial charge in [0, 0.05) is 35.7 Å². The number of carbonyl (C=O) groups excluding carboxylic acids is 1. The van der Waals surface area contributed by atoms with Crippen molar-refractivity contribution in [3.8, 4) is 0 Å². The number of ketones is 1. The Labute approximate surface area is 164 Å². The number of nitro benzene ring substituents is 1. The molecule has 0 radical (unpaired) electrons. The second-order valence-electron chi connectivity index (χ2n) is 6.65. The summed E-state index contributed by atoms with van der Waals surface area (Å²) in [6.45, 7) is 1.96. The van der Waals surface area contributed by atoms with Crippen LogP contribution in [0.3, 0.4) is 0 Å². The van der Waals surface area contributed by atoms with Gasteiger partial charge in [0.1, 0.15) is 5.82 Å². The number of anilines is 1. The molecule has 1 aromatic heterocycles. The highest BCUT2D eigenvalue weighted by Gasteiger charge is 2.38. The molecule has 9 heteroatoms. The van der Waals surface area contributed by atoms with Crippen molar-refractivity contribution in [2.75, 3.05) is 11.1 Å². The summed E-state index contributed by atoms with van der Waals surface area (Å²) < 4.78 is 0. The maximum absolute atomic E-state index is 12.9. The predicted molar refractivity (Wildman–Crippen MR) is 106 cm³/mol. The molecule has 8 nitrogen and oxygen atoms in total. The maximum Gasteiger partial charge on any atom is 0.269 e. The Bertz CT molecular complexity index is 1080. The molecule has 28 heavy (non-hydrogen) atoms. The molecule has 1 aromatic carbocycles. The molecule has 4 rings (SSSR count). The lowest BCUT2D eigenvalue weighted by Crippen LogP contribution is -2.32. The first-order valence-electron chi connectivity index (χ1n) is 9.04. The van der Waals surface area contributed by atoms with Gasteiger partial charge in [0.05, 0.1) is 10.5 Å². The molecular weight excluding hydrogens is 380 g/mol. The zero-order valence-electron chi connectivity index (χ0n) is 15.2. The lowest BCUT2D eigenvalue weighted by Gasteiger charge is -2.32. The van der Waals surface area contributed by atoms with Crippen molar-refractivity contribution >= 4 is 29.1 Å². The van der Waals surface area contributed by atoms with E-state index in [1.807, 2.05) is 6.92 Å². The van der Waals surface area contributed by atoms with E-state index < -0.39 is 10.8 Å². The van der Waals surface area contributed by atoms with Crippen molar-refractivity contribution in [3.63, 3.8) is 0 Å². The number of nitrogens with one attached hydrogen (secondary N) is 2. The molecule has 0 spiro atoms. The van der Waals surface area contributed by atoms with Gasteiger partial charge in [-0.05, 0) is 24.2 Å². The molecule has 1 aliphatic carbocycles. The minimum absolute atomic E-state index is 0.0395. The highest BCUT2D eigenvalue weighted by Crippen LogP contribution is 2.43. The molecule has 0 saturated carbocycles. The van der Waals surface area contributed by atoms with Crippen molar-refractivity contribution in [1.82, 2.24) is 9.97 Å². The number of allylic oxidation sites excluding steroid dienone is 2. The average molecular weight is 398 g/mol. The van der Waals surface area contributed by atoms with Crippen LogP contribution in [0.25, 0.3) is 0 Å². The molecule has 2 aromatic rings. The van der Waals surface area contributed by atoms with Crippen LogP contribution in [0.2, 0.25) is 0 Å². The van der Waals surface area contributed by atoms with Gasteiger partial charge in [-0.25, -0.2) is 4.98 Å². The van der Waals surface area contributed by atoms with Crippen LogP contribution >= 0.6 is 11.8 Å². The molecule has 0 fully saturated rings. The van der Waals surface area contributed by atoms with Gasteiger partial charge in [-0.15, -0.1) is 0 Å². The van der Waals surface area contributed by atoms with Gasteiger partial charge in [0.15, 0.2) is 10.9 Å². The van der Waals surface area contributed by atoms with Gasteiger partial charge in [-0.2, -0.15) is 0 Å². The van der Waals surface area contributed by atoms with Crippen molar-refractivity contribution in [2.24, 2.45) is 0 Å². The first kappa shape index (κ1) is 18.4. The normalized spacial score (nSPS) is 18.3. The van der Waals surface area contributed by atoms with Gasteiger partial charge in [0.2, 0.25) is 0 Å². The van der Waals surface area contributed by atoms with E-state index in [0.29, 0.717) is 40.5 Å². The fourth-order valence-electron chi connectivity index (χ4n) is 3.80. The summed E-state index contributed by atoms with van der Waals surface area (Å²) in [6, 6.07) is 6.12. The van der Waals surface area contributed by atoms with Crippen LogP contribution in [-0.4, -0.2) is 26.4 Å². The average Bonchev–Trinajstić information content (AvgIpc) is 2.67. The van der Waals surface area contributed by atoms with Crippen molar-refractivity contribution in [2.45, 2.75) is 37.3 Å². The van der Waals surface area contributed by atoms with E-state index in [0.717, 1.165) is 17.9 Å². The van der Waals surface area contributed by atoms with Crippen LogP contribution in [0, 0.1) is 10.1 Å². The Hall–Kier alpha value is -2.94. The maximum atomic E-state index is 12.9. The molecule has 2 heterocycles. The number of non-ortho nitro benzene ring substituents is 1. The summed E-state index contributed by atoms with van der Waals surface area (Å²) in [4.78, 5) is 43.7. The summed E-state index contributed by atoms with van der Waals surface area (Å²) in [5.74, 6) is 0.463. The van der Waals surface area contributed by atoms with E-state index in [9.17, 15) is 19.7 Å². The highest BCUT2D eigenvalue weighted by atomic mass is 32.2. The van der Waals surface area contributed by atoms with E-state index in [1.54, 1.807) is 12.1 Å². The third kappa shape index (κ3) is 3.11. The number of nitrogens with zero attached hydrogens (tertiary/aromatic N) is 2. The Morgan fingerprint density at radius 2 is 2.14 bits per heavy atom. The Morgan fingerprint density at radius 1 is 1.32 bits per heavy atom. The Kier molecular flexibility index (Phi) is 4.76. The van der Waals surface area contributed by atoms with E-state index in [1.165, 1.54) is 23.9 Å². The van der Waals surface area contributed by atoms with Gasteiger partial charge >= 0.3 is 0 Å². The number of fused-ring (bicyclic) bond motifs is 1. The van der Waals surface area contributed by atoms with Gasteiger partial charge < -0.3 is 10.3 Å². The van der Waals surface area contributed by atoms with Gasteiger partial charge in [-0.3, -0.25) is 19.7 Å². The molecule has 2 aliphatic rings. The SMILES string of the molecule is CCSc1nc2c(c(=O)[nH]1)C(c1cccc([N+](=O)[O-])c1)C1=C(CCCC1=O)N2. The van der Waals surface area contributed by atoms with Crippen molar-refractivity contribution in [3.05, 3.63) is 67.1 Å². The van der Waals surface area contributed by atoms with Crippen LogP contribution < -0.4 is 10.9 Å². The third-order valence-corrected chi connectivity index (χ3v) is 5.69. The van der Waals surface area contributed by atoms with Crippen LogP contribution in [0.15, 0.2) is 45.5 Å². The summed E-state index contributed by atoms with van der Waals surface area (Å²) in [6.07, 6.45) is 1.80. The molecule has 0 amide bonds. The molecular formula is C19H18N4O4S. The minimum atomic E-state index is -0.670. The number of thioether (sulfide) groups is 1. The Morgan fingerprint density at radius 3 is 2.89 bits per heavy atom. The zero-order valence-corrected chi connectivity index (χ0v) is 16.0. The number of Topliss-reactive ketones (excluding diaryl/α,β-unsaturated/α-hetero) is 1. The van der Waals surface area contributed by atoms with E-state index in [4.69, 9.17) is 0 Å². The fraction of sp³-hybridized carbons (Fsp3) is 0.316. The van der Waals surface area contributed by atoms with E-state index >= 15 is 0 Å². The minimum Gasteiger partial charge on any atom is -0.343 e. The third-order valence-electron chi connectivity index (χ3n) is 4.93. The molecule has 0 saturated heterocycles. The topological polar surface area (TPSA) is 118 Å². The second kappa shape index (κ2) is 7.23. The number of benzene rings is 1. The van der Waals surface area contributed by atoms with E-state index in [-0.39, 0.29) is 17.0 Å². The number of carbonyl (C=O) groups is 1. The number of hydrogen-bond donors (Lipinski definition) is 2. The number of aromatic amines is 1. The molecule has 1 atom stereocenters. The van der Waals surface area contributed by atoms with Crippen LogP contribution in [-0.2, 0) is 4.79 Å². The van der Waals surface area contributed by atoms with Crippen LogP contribution in [0.5, 0.6) is 0 Å². The van der Waals surface area contributed by atoms with E-state index in [2.05, 4.69) is 15.3 Å². The smallest absolute Gasteiger partial charge is 0.269 e. The van der Waals surface area contributed by atoms with Crippen molar-refractivity contribution < 1.29 is 9.72 Å². The standard InChI is InChI=1S/C19H18N4O4S/c1-2-28-19-21-17-16(18(25)22-19)14(10-5-3-6-11(9-10)23(26)27)15-12(20-17)7-4-8-13(15)24/h3,5-6,9,14H,2,4,7-8H2,1H3,(H2,20,21,22,25). The lowest BCUT2D eigenvalue weighted by molar-refractivity contribution is -0.384. The highest BCUT2D eigenvalue weighted by molar-refractivity contribution is 7.99. The molecule has 0 bridgehead atoms. The number of nitro groups is 1. The molecule has 144 valence electrons. The van der Waals surface area contributed by atoms with Crippen LogP contribution in [0.4, 0.5) is 11.5 Å². The fourth-order valence-corrected chi connectivity index (χ4v) is 4.39. The predicted octanol–water partition coefficient (Wildman–Crippen LogP) is 3.35. The summed E-state index contributed by atoms with van der Waals surface area (Å²) >= 11 is 1.42. The molecule has 1 aliphatic heterocycles. The lowest BCUT2D eigenvalue weighted by atomic mass is 9.76. The first-order chi connectivity index (χ1) is 13.5. The number of aromatic nitrogens is 2. The number of hydrogen-bond acceptors (Lipinski definition) is 7. The largest absolute Gasteiger partial charge is 0.343 e. The van der Waals surface area contributed by atoms with Gasteiger partial charge in [0.25, 0.3) is 11.2 Å². The zero-order chi connectivity index (χ0) is 19.8. The summed E-state index contributed by atoms with van der Waals surface area (Å²) in [7, 11) is 0.